The maximum Gasteiger partial charge on any atom is 0.321 e. The molecule has 4 N–H and O–H groups in total. The molecule has 2 aliphatic rings. The lowest BCUT2D eigenvalue weighted by molar-refractivity contribution is 0.0892. The van der Waals surface area contributed by atoms with E-state index in [4.69, 9.17) is 26.8 Å². The first-order chi connectivity index (χ1) is 17.9. The van der Waals surface area contributed by atoms with Crippen molar-refractivity contribution in [2.45, 2.75) is 31.7 Å². The van der Waals surface area contributed by atoms with Gasteiger partial charge in [0.2, 0.25) is 0 Å². The first kappa shape index (κ1) is 26.9. The fraction of sp³-hybridized carbons (Fsp3) is 0.481. The molecule has 0 spiro atoms. The molecule has 2 fully saturated rings. The van der Waals surface area contributed by atoms with Crippen molar-refractivity contribution in [3.05, 3.63) is 47.0 Å². The van der Waals surface area contributed by atoms with E-state index in [0.717, 1.165) is 69.8 Å². The van der Waals surface area contributed by atoms with Gasteiger partial charge in [0.15, 0.2) is 0 Å². The minimum Gasteiger partial charge on any atom is -0.497 e. The standard InChI is InChI=1S/C27H36ClN5O4/c1-36-21-5-3-19(4-6-21)31-27(35)33-13-7-18(8-14-33)17-32-11-9-20(10-12-32)30-26(34)22-15-23(28)24(29)16-25(22)37-2/h3-6,15-16,18,20H,7-14,17,29H2,1-2H3,(H,30,34)(H,31,35). The number of hydrogen-bond donors (Lipinski definition) is 3. The lowest BCUT2D eigenvalue weighted by Gasteiger charge is -2.37. The van der Waals surface area contributed by atoms with Gasteiger partial charge in [-0.15, -0.1) is 0 Å². The molecule has 0 saturated carbocycles. The Balaban J connectivity index is 1.18. The average molecular weight is 530 g/mol. The van der Waals surface area contributed by atoms with Gasteiger partial charge >= 0.3 is 6.03 Å². The van der Waals surface area contributed by atoms with Gasteiger partial charge in [0.25, 0.3) is 5.91 Å². The molecule has 0 aliphatic carbocycles. The van der Waals surface area contributed by atoms with Gasteiger partial charge in [-0.1, -0.05) is 11.6 Å². The molecule has 10 heteroatoms. The largest absolute Gasteiger partial charge is 0.497 e. The van der Waals surface area contributed by atoms with Crippen molar-refractivity contribution >= 4 is 34.9 Å². The molecule has 2 aliphatic heterocycles. The monoisotopic (exact) mass is 529 g/mol. The molecule has 0 bridgehead atoms. The highest BCUT2D eigenvalue weighted by atomic mass is 35.5. The average Bonchev–Trinajstić information content (AvgIpc) is 2.91. The molecule has 9 nitrogen and oxygen atoms in total. The van der Waals surface area contributed by atoms with E-state index in [1.807, 2.05) is 29.2 Å². The van der Waals surface area contributed by atoms with Crippen LogP contribution in [0.2, 0.25) is 5.02 Å². The van der Waals surface area contributed by atoms with Gasteiger partial charge in [-0.2, -0.15) is 0 Å². The Morgan fingerprint density at radius 3 is 2.30 bits per heavy atom. The summed E-state index contributed by atoms with van der Waals surface area (Å²) in [6.45, 7) is 4.40. The number of piperidine rings is 2. The highest BCUT2D eigenvalue weighted by molar-refractivity contribution is 6.33. The lowest BCUT2D eigenvalue weighted by Crippen LogP contribution is -2.47. The molecule has 0 unspecified atom stereocenters. The van der Waals surface area contributed by atoms with Crippen molar-refractivity contribution in [2.75, 3.05) is 58.0 Å². The molecular formula is C27H36ClN5O4. The predicted molar refractivity (Wildman–Crippen MR) is 146 cm³/mol. The summed E-state index contributed by atoms with van der Waals surface area (Å²) in [7, 11) is 3.13. The fourth-order valence-corrected chi connectivity index (χ4v) is 5.16. The summed E-state index contributed by atoms with van der Waals surface area (Å²) >= 11 is 6.12. The lowest BCUT2D eigenvalue weighted by atomic mass is 9.95. The van der Waals surface area contributed by atoms with E-state index in [1.54, 1.807) is 19.2 Å². The van der Waals surface area contributed by atoms with Crippen molar-refractivity contribution in [1.29, 1.82) is 0 Å². The minimum absolute atomic E-state index is 0.0563. The third-order valence-corrected chi connectivity index (χ3v) is 7.57. The van der Waals surface area contributed by atoms with Gasteiger partial charge in [-0.25, -0.2) is 4.79 Å². The van der Waals surface area contributed by atoms with E-state index in [0.29, 0.717) is 27.9 Å². The Bertz CT molecular complexity index is 1080. The molecule has 2 heterocycles. The number of amides is 3. The van der Waals surface area contributed by atoms with Gasteiger partial charge in [-0.3, -0.25) is 4.79 Å². The molecule has 0 radical (unpaired) electrons. The minimum atomic E-state index is -0.197. The van der Waals surface area contributed by atoms with Crippen LogP contribution in [-0.2, 0) is 0 Å². The van der Waals surface area contributed by atoms with E-state index in [2.05, 4.69) is 15.5 Å². The number of carbonyl (C=O) groups is 2. The summed E-state index contributed by atoms with van der Waals surface area (Å²) in [5.74, 6) is 1.55. The summed E-state index contributed by atoms with van der Waals surface area (Å²) in [6.07, 6.45) is 3.76. The van der Waals surface area contributed by atoms with Crippen LogP contribution in [0.1, 0.15) is 36.0 Å². The number of benzene rings is 2. The molecule has 2 aromatic carbocycles. The van der Waals surface area contributed by atoms with Crippen LogP contribution in [0.5, 0.6) is 11.5 Å². The quantitative estimate of drug-likeness (QED) is 0.466. The van der Waals surface area contributed by atoms with Gasteiger partial charge < -0.3 is 35.6 Å². The van der Waals surface area contributed by atoms with E-state index in [9.17, 15) is 9.59 Å². The number of urea groups is 1. The second-order valence-corrected chi connectivity index (χ2v) is 10.1. The highest BCUT2D eigenvalue weighted by Crippen LogP contribution is 2.29. The summed E-state index contributed by atoms with van der Waals surface area (Å²) in [5.41, 5.74) is 7.37. The Hall–Kier alpha value is -3.17. The fourth-order valence-electron chi connectivity index (χ4n) is 5.00. The van der Waals surface area contributed by atoms with Crippen LogP contribution in [0.15, 0.2) is 36.4 Å². The Morgan fingerprint density at radius 1 is 1.00 bits per heavy atom. The molecular weight excluding hydrogens is 494 g/mol. The van der Waals surface area contributed by atoms with Crippen LogP contribution in [0, 0.1) is 5.92 Å². The number of hydrogen-bond acceptors (Lipinski definition) is 6. The molecule has 0 atom stereocenters. The maximum absolute atomic E-state index is 12.8. The van der Waals surface area contributed by atoms with Crippen LogP contribution < -0.4 is 25.8 Å². The zero-order chi connectivity index (χ0) is 26.4. The van der Waals surface area contributed by atoms with E-state index in [1.165, 1.54) is 7.11 Å². The number of ether oxygens (including phenoxy) is 2. The predicted octanol–water partition coefficient (Wildman–Crippen LogP) is 4.08. The number of likely N-dealkylation sites (tertiary alicyclic amines) is 2. The molecule has 2 saturated heterocycles. The first-order valence-corrected chi connectivity index (χ1v) is 13.1. The van der Waals surface area contributed by atoms with E-state index >= 15 is 0 Å². The topological polar surface area (TPSA) is 109 Å². The second-order valence-electron chi connectivity index (χ2n) is 9.71. The van der Waals surface area contributed by atoms with Crippen LogP contribution in [0.4, 0.5) is 16.2 Å². The first-order valence-electron chi connectivity index (χ1n) is 12.7. The van der Waals surface area contributed by atoms with Crippen molar-refractivity contribution in [3.8, 4) is 11.5 Å². The number of nitrogen functional groups attached to an aromatic ring is 1. The summed E-state index contributed by atoms with van der Waals surface area (Å²) in [6, 6.07) is 10.5. The van der Waals surface area contributed by atoms with Gasteiger partial charge in [-0.05, 0) is 61.9 Å². The number of nitrogens with two attached hydrogens (primary N) is 1. The van der Waals surface area contributed by atoms with Crippen LogP contribution in [0.25, 0.3) is 0 Å². The smallest absolute Gasteiger partial charge is 0.321 e. The highest BCUT2D eigenvalue weighted by Gasteiger charge is 2.27. The van der Waals surface area contributed by atoms with Crippen molar-refractivity contribution in [2.24, 2.45) is 5.92 Å². The molecule has 3 amide bonds. The van der Waals surface area contributed by atoms with Crippen LogP contribution in [0.3, 0.4) is 0 Å². The van der Waals surface area contributed by atoms with Crippen LogP contribution in [-0.4, -0.2) is 74.7 Å². The van der Waals surface area contributed by atoms with Crippen molar-refractivity contribution in [1.82, 2.24) is 15.1 Å². The Labute approximate surface area is 223 Å². The number of halogens is 1. The zero-order valence-corrected chi connectivity index (χ0v) is 22.2. The van der Waals surface area contributed by atoms with Crippen molar-refractivity contribution in [3.63, 3.8) is 0 Å². The normalized spacial score (nSPS) is 17.3. The van der Waals surface area contributed by atoms with E-state index in [-0.39, 0.29) is 18.0 Å². The van der Waals surface area contributed by atoms with Crippen LogP contribution >= 0.6 is 11.6 Å². The number of carbonyl (C=O) groups excluding carboxylic acids is 2. The third kappa shape index (κ3) is 6.99. The molecule has 2 aromatic rings. The van der Waals surface area contributed by atoms with Gasteiger partial charge in [0.1, 0.15) is 11.5 Å². The SMILES string of the molecule is COc1ccc(NC(=O)N2CCC(CN3CCC(NC(=O)c4cc(Cl)c(N)cc4OC)CC3)CC2)cc1. The summed E-state index contributed by atoms with van der Waals surface area (Å²) in [4.78, 5) is 29.8. The Morgan fingerprint density at radius 2 is 1.68 bits per heavy atom. The summed E-state index contributed by atoms with van der Waals surface area (Å²) in [5, 5.41) is 6.43. The zero-order valence-electron chi connectivity index (χ0n) is 21.5. The van der Waals surface area contributed by atoms with Crippen molar-refractivity contribution < 1.29 is 19.1 Å². The Kier molecular flexibility index (Phi) is 9.00. The number of nitrogens with zero attached hydrogens (tertiary/aromatic N) is 2. The third-order valence-electron chi connectivity index (χ3n) is 7.25. The number of rotatable bonds is 7. The van der Waals surface area contributed by atoms with Gasteiger partial charge in [0.05, 0.1) is 30.5 Å². The van der Waals surface area contributed by atoms with Gasteiger partial charge in [0, 0.05) is 50.5 Å². The molecule has 0 aromatic heterocycles. The molecule has 200 valence electrons. The second kappa shape index (κ2) is 12.4. The summed E-state index contributed by atoms with van der Waals surface area (Å²) < 4.78 is 10.5. The maximum atomic E-state index is 12.8. The number of nitrogens with one attached hydrogen (secondary N) is 2. The number of anilines is 2. The molecule has 4 rings (SSSR count). The number of methoxy groups -OCH3 is 2. The van der Waals surface area contributed by atoms with E-state index < -0.39 is 0 Å². The molecule has 37 heavy (non-hydrogen) atoms.